The van der Waals surface area contributed by atoms with Crippen molar-refractivity contribution in [2.75, 3.05) is 0 Å². The second-order valence-corrected chi connectivity index (χ2v) is 12.7. The number of phenols is 2. The molecule has 0 aliphatic rings. The predicted molar refractivity (Wildman–Crippen MR) is 189 cm³/mol. The van der Waals surface area contributed by atoms with Gasteiger partial charge in [0, 0.05) is 12.3 Å². The van der Waals surface area contributed by atoms with E-state index in [0.29, 0.717) is 25.7 Å². The first-order valence-electron chi connectivity index (χ1n) is 18.0. The summed E-state index contributed by atoms with van der Waals surface area (Å²) in [6.45, 7) is 6.39. The van der Waals surface area contributed by atoms with Gasteiger partial charge in [0.25, 0.3) is 11.8 Å². The Morgan fingerprint density at radius 2 is 1.02 bits per heavy atom. The van der Waals surface area contributed by atoms with Crippen molar-refractivity contribution < 1.29 is 29.4 Å². The van der Waals surface area contributed by atoms with Crippen molar-refractivity contribution in [3.05, 3.63) is 58.7 Å². The first-order chi connectivity index (χ1) is 23.2. The third-order valence-electron chi connectivity index (χ3n) is 8.60. The molecular formula is C38H58N4O6. The number of carbonyl (C=O) groups is 4. The summed E-state index contributed by atoms with van der Waals surface area (Å²) in [6, 6.07) is 9.99. The van der Waals surface area contributed by atoms with Crippen molar-refractivity contribution in [2.45, 2.75) is 136 Å². The number of amides is 4. The summed E-state index contributed by atoms with van der Waals surface area (Å²) in [6.07, 6.45) is 15.9. The maximum absolute atomic E-state index is 13.0. The number of carbonyl (C=O) groups excluding carboxylic acids is 4. The standard InChI is InChI=1S/C38H58N4O6/c1-4-7-10-13-17-28-22-24-31(33(43)26-28)37(47)41-39-35(45)21-16-15-20-30(19-12-9-6-3)36(46)40-42-38(48)32-25-23-29(27-34(32)44)18-14-11-8-5-2/h22-27,30,43-44H,4-21H2,1-3H3,(H,39,45)(H,40,46)(H,41,47)(H,42,48). The normalized spacial score (nSPS) is 11.5. The molecule has 6 N–H and O–H groups in total. The molecule has 0 fully saturated rings. The van der Waals surface area contributed by atoms with Crippen LogP contribution in [0.3, 0.4) is 0 Å². The van der Waals surface area contributed by atoms with Crippen LogP contribution in [0.15, 0.2) is 36.4 Å². The third kappa shape index (κ3) is 15.2. The van der Waals surface area contributed by atoms with Gasteiger partial charge in [0.15, 0.2) is 0 Å². The van der Waals surface area contributed by atoms with Crippen LogP contribution in [0.4, 0.5) is 0 Å². The van der Waals surface area contributed by atoms with Crippen LogP contribution in [0.2, 0.25) is 0 Å². The minimum absolute atomic E-state index is 0.0886. The molecule has 0 saturated heterocycles. The van der Waals surface area contributed by atoms with E-state index >= 15 is 0 Å². The molecule has 10 nitrogen and oxygen atoms in total. The van der Waals surface area contributed by atoms with Crippen molar-refractivity contribution in [1.82, 2.24) is 21.7 Å². The Bertz CT molecular complexity index is 1300. The van der Waals surface area contributed by atoms with E-state index in [1.165, 1.54) is 12.8 Å². The molecule has 0 radical (unpaired) electrons. The summed E-state index contributed by atoms with van der Waals surface area (Å²) in [5.74, 6) is -2.46. The van der Waals surface area contributed by atoms with Crippen LogP contribution >= 0.6 is 0 Å². The van der Waals surface area contributed by atoms with Crippen LogP contribution in [-0.4, -0.2) is 33.8 Å². The number of hydrazine groups is 2. The minimum Gasteiger partial charge on any atom is -0.507 e. The first-order valence-corrected chi connectivity index (χ1v) is 18.0. The maximum atomic E-state index is 13.0. The average molecular weight is 667 g/mol. The molecule has 0 aromatic heterocycles. The molecule has 2 rings (SSSR count). The van der Waals surface area contributed by atoms with Gasteiger partial charge in [-0.2, -0.15) is 0 Å². The summed E-state index contributed by atoms with van der Waals surface area (Å²) < 4.78 is 0. The number of unbranched alkanes of at least 4 members (excludes halogenated alkanes) is 9. The van der Waals surface area contributed by atoms with Crippen molar-refractivity contribution >= 4 is 23.6 Å². The van der Waals surface area contributed by atoms with Gasteiger partial charge in [0.2, 0.25) is 11.8 Å². The molecule has 2 aromatic rings. The number of nitrogens with one attached hydrogen (secondary N) is 4. The van der Waals surface area contributed by atoms with E-state index < -0.39 is 11.8 Å². The van der Waals surface area contributed by atoms with Gasteiger partial charge in [-0.15, -0.1) is 0 Å². The van der Waals surface area contributed by atoms with Gasteiger partial charge in [-0.3, -0.25) is 40.9 Å². The van der Waals surface area contributed by atoms with Gasteiger partial charge in [0.05, 0.1) is 11.1 Å². The predicted octanol–water partition coefficient (Wildman–Crippen LogP) is 7.32. The SMILES string of the molecule is CCCCCCc1ccc(C(=O)NNC(=O)CCCCC(CCCCC)C(=O)NNC(=O)c2ccc(CCCCCC)cc2O)c(O)c1. The van der Waals surface area contributed by atoms with E-state index in [2.05, 4.69) is 42.5 Å². The highest BCUT2D eigenvalue weighted by atomic mass is 16.3. The minimum atomic E-state index is -0.597. The summed E-state index contributed by atoms with van der Waals surface area (Å²) in [7, 11) is 0. The summed E-state index contributed by atoms with van der Waals surface area (Å²) in [4.78, 5) is 50.6. The highest BCUT2D eigenvalue weighted by Gasteiger charge is 2.20. The monoisotopic (exact) mass is 666 g/mol. The lowest BCUT2D eigenvalue weighted by atomic mass is 9.94. The van der Waals surface area contributed by atoms with Crippen LogP contribution in [0.5, 0.6) is 11.5 Å². The summed E-state index contributed by atoms with van der Waals surface area (Å²) in [5.41, 5.74) is 11.8. The van der Waals surface area contributed by atoms with Crippen LogP contribution in [-0.2, 0) is 22.4 Å². The van der Waals surface area contributed by atoms with Gasteiger partial charge >= 0.3 is 0 Å². The van der Waals surface area contributed by atoms with E-state index in [4.69, 9.17) is 0 Å². The van der Waals surface area contributed by atoms with E-state index in [0.717, 1.165) is 81.8 Å². The zero-order valence-corrected chi connectivity index (χ0v) is 29.3. The second-order valence-electron chi connectivity index (χ2n) is 12.7. The Hall–Kier alpha value is -4.08. The molecule has 0 aliphatic heterocycles. The van der Waals surface area contributed by atoms with Gasteiger partial charge in [-0.25, -0.2) is 0 Å². The number of aryl methyl sites for hydroxylation is 2. The molecule has 0 aliphatic carbocycles. The van der Waals surface area contributed by atoms with Gasteiger partial charge in [-0.1, -0.05) is 97.1 Å². The number of aromatic hydroxyl groups is 2. The van der Waals surface area contributed by atoms with Crippen molar-refractivity contribution in [2.24, 2.45) is 5.92 Å². The molecule has 266 valence electrons. The van der Waals surface area contributed by atoms with Crippen molar-refractivity contribution in [1.29, 1.82) is 0 Å². The lowest BCUT2D eigenvalue weighted by Crippen LogP contribution is -2.44. The van der Waals surface area contributed by atoms with Crippen LogP contribution in [0.1, 0.15) is 155 Å². The largest absolute Gasteiger partial charge is 0.507 e. The van der Waals surface area contributed by atoms with E-state index in [1.807, 2.05) is 12.1 Å². The van der Waals surface area contributed by atoms with Gasteiger partial charge < -0.3 is 10.2 Å². The van der Waals surface area contributed by atoms with Crippen LogP contribution in [0.25, 0.3) is 0 Å². The Balaban J connectivity index is 1.78. The molecule has 1 atom stereocenters. The second kappa shape index (κ2) is 23.3. The Morgan fingerprint density at radius 3 is 1.50 bits per heavy atom. The lowest BCUT2D eigenvalue weighted by Gasteiger charge is -2.17. The zero-order valence-electron chi connectivity index (χ0n) is 29.3. The highest BCUT2D eigenvalue weighted by Crippen LogP contribution is 2.22. The van der Waals surface area contributed by atoms with Gasteiger partial charge in [0.1, 0.15) is 11.5 Å². The fourth-order valence-corrected chi connectivity index (χ4v) is 5.63. The molecule has 0 bridgehead atoms. The summed E-state index contributed by atoms with van der Waals surface area (Å²) >= 11 is 0. The number of rotatable bonds is 22. The fourth-order valence-electron chi connectivity index (χ4n) is 5.63. The molecular weight excluding hydrogens is 608 g/mol. The molecule has 4 amide bonds. The smallest absolute Gasteiger partial charge is 0.273 e. The van der Waals surface area contributed by atoms with Crippen LogP contribution < -0.4 is 21.7 Å². The van der Waals surface area contributed by atoms with Crippen molar-refractivity contribution in [3.63, 3.8) is 0 Å². The third-order valence-corrected chi connectivity index (χ3v) is 8.60. The van der Waals surface area contributed by atoms with Gasteiger partial charge in [-0.05, 0) is 80.3 Å². The lowest BCUT2D eigenvalue weighted by molar-refractivity contribution is -0.126. The molecule has 0 spiro atoms. The zero-order chi connectivity index (χ0) is 35.1. The first kappa shape index (κ1) is 40.1. The molecule has 0 saturated carbocycles. The fraction of sp³-hybridized carbons (Fsp3) is 0.579. The molecule has 1 unspecified atom stereocenters. The number of phenolic OH excluding ortho intramolecular Hbond substituents is 2. The number of hydrogen-bond donors (Lipinski definition) is 6. The number of hydrogen-bond acceptors (Lipinski definition) is 6. The Labute approximate surface area is 286 Å². The molecule has 48 heavy (non-hydrogen) atoms. The quantitative estimate of drug-likeness (QED) is 0.0571. The molecule has 0 heterocycles. The van der Waals surface area contributed by atoms with Crippen LogP contribution in [0, 0.1) is 5.92 Å². The Morgan fingerprint density at radius 1 is 0.562 bits per heavy atom. The average Bonchev–Trinajstić information content (AvgIpc) is 3.07. The van der Waals surface area contributed by atoms with E-state index in [9.17, 15) is 29.4 Å². The summed E-state index contributed by atoms with van der Waals surface area (Å²) in [5, 5.41) is 20.7. The topological polar surface area (TPSA) is 157 Å². The van der Waals surface area contributed by atoms with E-state index in [-0.39, 0.29) is 46.8 Å². The van der Waals surface area contributed by atoms with E-state index in [1.54, 1.807) is 24.3 Å². The molecule has 2 aromatic carbocycles. The Kier molecular flexibility index (Phi) is 19.4. The highest BCUT2D eigenvalue weighted by molar-refractivity contribution is 5.98. The maximum Gasteiger partial charge on any atom is 0.273 e. The number of benzene rings is 2. The molecule has 10 heteroatoms. The van der Waals surface area contributed by atoms with Crippen molar-refractivity contribution in [3.8, 4) is 11.5 Å².